The van der Waals surface area contributed by atoms with Crippen molar-refractivity contribution in [1.82, 2.24) is 19.9 Å². The third kappa shape index (κ3) is 4.88. The van der Waals surface area contributed by atoms with Gasteiger partial charge in [-0.3, -0.25) is 4.99 Å². The first-order chi connectivity index (χ1) is 16.2. The summed E-state index contributed by atoms with van der Waals surface area (Å²) in [6, 6.07) is 3.38. The maximum absolute atomic E-state index is 14.9. The largest absolute Gasteiger partial charge is 0.463 e. The van der Waals surface area contributed by atoms with Gasteiger partial charge in [0.25, 0.3) is 0 Å². The van der Waals surface area contributed by atoms with E-state index in [1.165, 1.54) is 24.2 Å². The third-order valence-electron chi connectivity index (χ3n) is 5.30. The van der Waals surface area contributed by atoms with Crippen LogP contribution in [0.1, 0.15) is 25.8 Å². The van der Waals surface area contributed by atoms with Gasteiger partial charge in [0.1, 0.15) is 5.52 Å². The molecule has 0 amide bonds. The zero-order valence-corrected chi connectivity index (χ0v) is 19.8. The van der Waals surface area contributed by atoms with E-state index in [1.54, 1.807) is 25.4 Å². The molecule has 11 heteroatoms. The number of pyridine rings is 2. The Morgan fingerprint density at radius 2 is 2.12 bits per heavy atom. The number of nitrogens with two attached hydrogens (primary N) is 1. The number of aromatic nitrogens is 4. The lowest BCUT2D eigenvalue weighted by Gasteiger charge is -2.40. The van der Waals surface area contributed by atoms with Crippen molar-refractivity contribution in [3.63, 3.8) is 0 Å². The van der Waals surface area contributed by atoms with Crippen LogP contribution in [0.3, 0.4) is 0 Å². The van der Waals surface area contributed by atoms with E-state index < -0.39 is 11.5 Å². The first-order valence-electron chi connectivity index (χ1n) is 10.4. The molecule has 1 aliphatic rings. The molecule has 3 aromatic rings. The fourth-order valence-electron chi connectivity index (χ4n) is 4.10. The summed E-state index contributed by atoms with van der Waals surface area (Å²) in [5.41, 5.74) is 7.11. The highest BCUT2D eigenvalue weighted by atomic mass is 32.2. The molecule has 4 heterocycles. The van der Waals surface area contributed by atoms with Crippen molar-refractivity contribution in [2.24, 2.45) is 10.7 Å². The van der Waals surface area contributed by atoms with Crippen LogP contribution >= 0.6 is 11.8 Å². The molecule has 4 rings (SSSR count). The van der Waals surface area contributed by atoms with E-state index in [1.807, 2.05) is 13.8 Å². The zero-order valence-electron chi connectivity index (χ0n) is 19.0. The molecule has 0 aromatic carbocycles. The SMILES string of the molecule is C#CCOc1cnc2c(Nc3cnc(F)c([C@]4(C)C[C@](C)(COC)SC(N)=N4)c3)nccc2n1. The van der Waals surface area contributed by atoms with Crippen LogP contribution in [-0.4, -0.2) is 50.2 Å². The fourth-order valence-corrected chi connectivity index (χ4v) is 5.38. The quantitative estimate of drug-likeness (QED) is 0.386. The van der Waals surface area contributed by atoms with Crippen LogP contribution in [0.5, 0.6) is 5.88 Å². The number of terminal acetylenes is 1. The maximum Gasteiger partial charge on any atom is 0.233 e. The van der Waals surface area contributed by atoms with Gasteiger partial charge in [0.05, 0.1) is 35.7 Å². The fraction of sp³-hybridized carbons (Fsp3) is 0.348. The second kappa shape index (κ2) is 9.40. The number of fused-ring (bicyclic) bond motifs is 1. The smallest absolute Gasteiger partial charge is 0.233 e. The van der Waals surface area contributed by atoms with Crippen LogP contribution in [0.15, 0.2) is 35.7 Å². The van der Waals surface area contributed by atoms with Crippen molar-refractivity contribution < 1.29 is 13.9 Å². The molecule has 0 bridgehead atoms. The first-order valence-corrected chi connectivity index (χ1v) is 11.2. The Labute approximate surface area is 200 Å². The number of nitrogens with one attached hydrogen (secondary N) is 1. The highest BCUT2D eigenvalue weighted by Gasteiger charge is 2.43. The number of nitrogens with zero attached hydrogens (tertiary/aromatic N) is 5. The summed E-state index contributed by atoms with van der Waals surface area (Å²) in [6.45, 7) is 4.40. The van der Waals surface area contributed by atoms with Crippen LogP contribution in [0.25, 0.3) is 11.0 Å². The highest BCUT2D eigenvalue weighted by Crippen LogP contribution is 2.46. The van der Waals surface area contributed by atoms with E-state index in [2.05, 4.69) is 36.2 Å². The van der Waals surface area contributed by atoms with Gasteiger partial charge in [-0.2, -0.15) is 4.39 Å². The maximum atomic E-state index is 14.9. The zero-order chi connectivity index (χ0) is 24.3. The minimum absolute atomic E-state index is 0.0914. The molecule has 1 aliphatic heterocycles. The van der Waals surface area contributed by atoms with Gasteiger partial charge < -0.3 is 20.5 Å². The first kappa shape index (κ1) is 23.7. The van der Waals surface area contributed by atoms with Gasteiger partial charge in [-0.1, -0.05) is 17.7 Å². The molecule has 0 unspecified atom stereocenters. The minimum atomic E-state index is -0.924. The van der Waals surface area contributed by atoms with Gasteiger partial charge in [-0.05, 0) is 32.4 Å². The molecule has 9 nitrogen and oxygen atoms in total. The molecule has 3 aromatic heterocycles. The minimum Gasteiger partial charge on any atom is -0.463 e. The van der Waals surface area contributed by atoms with Gasteiger partial charge >= 0.3 is 0 Å². The third-order valence-corrected chi connectivity index (χ3v) is 6.35. The van der Waals surface area contributed by atoms with E-state index in [0.717, 1.165) is 0 Å². The average Bonchev–Trinajstić information content (AvgIpc) is 2.78. The molecular weight excluding hydrogens is 457 g/mol. The molecule has 0 spiro atoms. The van der Waals surface area contributed by atoms with Crippen LogP contribution in [-0.2, 0) is 10.3 Å². The number of ether oxygens (including phenoxy) is 2. The summed E-state index contributed by atoms with van der Waals surface area (Å²) in [6.07, 6.45) is 10.2. The van der Waals surface area contributed by atoms with Gasteiger partial charge in [0.2, 0.25) is 11.8 Å². The van der Waals surface area contributed by atoms with Gasteiger partial charge in [-0.15, -0.1) is 6.42 Å². The Bertz CT molecular complexity index is 1300. The Balaban J connectivity index is 1.68. The molecule has 0 aliphatic carbocycles. The van der Waals surface area contributed by atoms with Gasteiger partial charge in [0.15, 0.2) is 17.6 Å². The standard InChI is InChI=1S/C23H24FN7O2S/c1-5-8-33-17-11-27-18-16(30-17)6-7-26-20(18)29-14-9-15(19(24)28-10-14)23(3)12-22(2,13-32-4)34-21(25)31-23/h1,6-7,9-11H,8,12-13H2,2-4H3,(H2,25,31)(H,26,29)/t22-,23+/m1/s1. The van der Waals surface area contributed by atoms with Crippen molar-refractivity contribution in [2.45, 2.75) is 30.6 Å². The van der Waals surface area contributed by atoms with Crippen molar-refractivity contribution in [1.29, 1.82) is 0 Å². The monoisotopic (exact) mass is 481 g/mol. The van der Waals surface area contributed by atoms with E-state index in [4.69, 9.17) is 21.6 Å². The van der Waals surface area contributed by atoms with Gasteiger partial charge in [-0.25, -0.2) is 19.9 Å². The number of rotatable bonds is 7. The van der Waals surface area contributed by atoms with Crippen molar-refractivity contribution in [3.8, 4) is 18.2 Å². The van der Waals surface area contributed by atoms with Gasteiger partial charge in [0, 0.05) is 23.6 Å². The molecular formula is C23H24FN7O2S. The van der Waals surface area contributed by atoms with Crippen LogP contribution < -0.4 is 15.8 Å². The van der Waals surface area contributed by atoms with E-state index in [0.29, 0.717) is 52.2 Å². The Morgan fingerprint density at radius 1 is 1.29 bits per heavy atom. The van der Waals surface area contributed by atoms with Crippen molar-refractivity contribution in [3.05, 3.63) is 42.2 Å². The lowest BCUT2D eigenvalue weighted by Crippen LogP contribution is -2.43. The summed E-state index contributed by atoms with van der Waals surface area (Å²) in [5, 5.41) is 3.54. The molecule has 34 heavy (non-hydrogen) atoms. The average molecular weight is 482 g/mol. The normalized spacial score (nSPS) is 22.1. The summed E-state index contributed by atoms with van der Waals surface area (Å²) in [7, 11) is 1.63. The Morgan fingerprint density at radius 3 is 2.88 bits per heavy atom. The lowest BCUT2D eigenvalue weighted by atomic mass is 9.84. The number of amidine groups is 1. The number of hydrogen-bond donors (Lipinski definition) is 2. The van der Waals surface area contributed by atoms with E-state index in [9.17, 15) is 4.39 Å². The highest BCUT2D eigenvalue weighted by molar-refractivity contribution is 8.15. The second-order valence-electron chi connectivity index (χ2n) is 8.30. The predicted molar refractivity (Wildman–Crippen MR) is 131 cm³/mol. The number of thioether (sulfide) groups is 1. The number of hydrogen-bond acceptors (Lipinski definition) is 10. The van der Waals surface area contributed by atoms with Crippen molar-refractivity contribution in [2.75, 3.05) is 25.6 Å². The summed E-state index contributed by atoms with van der Waals surface area (Å²) >= 11 is 1.43. The molecule has 0 fully saturated rings. The topological polar surface area (TPSA) is 120 Å². The summed E-state index contributed by atoms with van der Waals surface area (Å²) in [5.74, 6) is 2.52. The molecule has 0 saturated carbocycles. The molecule has 2 atom stereocenters. The Hall–Kier alpha value is -3.49. The summed E-state index contributed by atoms with van der Waals surface area (Å²) in [4.78, 5) is 21.7. The molecule has 0 saturated heterocycles. The second-order valence-corrected chi connectivity index (χ2v) is 9.91. The summed E-state index contributed by atoms with van der Waals surface area (Å²) < 4.78 is 25.3. The lowest BCUT2D eigenvalue weighted by molar-refractivity contribution is 0.157. The number of aliphatic imine (C=N–C) groups is 1. The molecule has 3 N–H and O–H groups in total. The van der Waals surface area contributed by atoms with Crippen LogP contribution in [0, 0.1) is 18.3 Å². The van der Waals surface area contributed by atoms with E-state index in [-0.39, 0.29) is 11.4 Å². The molecule has 0 radical (unpaired) electrons. The number of methoxy groups -OCH3 is 1. The van der Waals surface area contributed by atoms with E-state index >= 15 is 0 Å². The van der Waals surface area contributed by atoms with Crippen molar-refractivity contribution >= 4 is 39.5 Å². The number of anilines is 2. The number of halogens is 1. The Kier molecular flexibility index (Phi) is 6.54. The van der Waals surface area contributed by atoms with Crippen LogP contribution in [0.2, 0.25) is 0 Å². The van der Waals surface area contributed by atoms with Crippen LogP contribution in [0.4, 0.5) is 15.9 Å². The predicted octanol–water partition coefficient (Wildman–Crippen LogP) is 3.39. The molecule has 176 valence electrons.